The number of hydrogen-bond acceptors (Lipinski definition) is 5. The quantitative estimate of drug-likeness (QED) is 0.731. The lowest BCUT2D eigenvalue weighted by molar-refractivity contribution is -0.119. The van der Waals surface area contributed by atoms with Crippen molar-refractivity contribution in [2.24, 2.45) is 5.92 Å². The number of nitrogens with zero attached hydrogens (tertiary/aromatic N) is 4. The van der Waals surface area contributed by atoms with E-state index in [0.717, 1.165) is 30.0 Å². The molecule has 0 bridgehead atoms. The molecule has 1 aromatic rings. The van der Waals surface area contributed by atoms with Gasteiger partial charge in [-0.2, -0.15) is 0 Å². The van der Waals surface area contributed by atoms with Gasteiger partial charge in [0.1, 0.15) is 11.6 Å². The average Bonchev–Trinajstić information content (AvgIpc) is 3.22. The van der Waals surface area contributed by atoms with Crippen molar-refractivity contribution in [1.29, 1.82) is 0 Å². The predicted molar refractivity (Wildman–Crippen MR) is 112 cm³/mol. The fourth-order valence-electron chi connectivity index (χ4n) is 4.98. The molecule has 0 aromatic carbocycles. The predicted octanol–water partition coefficient (Wildman–Crippen LogP) is 2.78. The maximum absolute atomic E-state index is 12.8. The van der Waals surface area contributed by atoms with Crippen LogP contribution in [0.2, 0.25) is 0 Å². The molecule has 4 rings (SSSR count). The molecular formula is C21H32N4O3S. The van der Waals surface area contributed by atoms with Gasteiger partial charge in [-0.15, -0.1) is 0 Å². The van der Waals surface area contributed by atoms with Gasteiger partial charge >= 0.3 is 0 Å². The van der Waals surface area contributed by atoms with Gasteiger partial charge in [-0.05, 0) is 45.4 Å². The van der Waals surface area contributed by atoms with Crippen molar-refractivity contribution in [2.45, 2.75) is 71.1 Å². The van der Waals surface area contributed by atoms with Crippen molar-refractivity contribution in [2.75, 3.05) is 30.3 Å². The van der Waals surface area contributed by atoms with Gasteiger partial charge in [0.15, 0.2) is 0 Å². The van der Waals surface area contributed by atoms with Crippen molar-refractivity contribution in [3.8, 4) is 0 Å². The molecule has 1 unspecified atom stereocenters. The molecule has 1 amide bonds. The smallest absolute Gasteiger partial charge is 0.228 e. The SMILES string of the molecule is CCS(=O)(=O)N1CCC(c2nc(C)c3c(n2)N(CC2CCCCC2)C(=O)CC3)C1. The van der Waals surface area contributed by atoms with Crippen LogP contribution >= 0.6 is 0 Å². The van der Waals surface area contributed by atoms with Crippen LogP contribution in [0, 0.1) is 12.8 Å². The Hall–Kier alpha value is -1.54. The highest BCUT2D eigenvalue weighted by Gasteiger charge is 2.35. The van der Waals surface area contributed by atoms with Crippen molar-refractivity contribution in [1.82, 2.24) is 14.3 Å². The zero-order chi connectivity index (χ0) is 20.6. The first-order valence-electron chi connectivity index (χ1n) is 11.0. The number of aryl methyl sites for hydroxylation is 1. The zero-order valence-electron chi connectivity index (χ0n) is 17.6. The molecule has 0 spiro atoms. The summed E-state index contributed by atoms with van der Waals surface area (Å²) in [6, 6.07) is 0. The average molecular weight is 421 g/mol. The Morgan fingerprint density at radius 1 is 1.07 bits per heavy atom. The molecule has 29 heavy (non-hydrogen) atoms. The molecule has 8 heteroatoms. The number of anilines is 1. The van der Waals surface area contributed by atoms with E-state index in [2.05, 4.69) is 0 Å². The molecule has 2 fully saturated rings. The normalized spacial score (nSPS) is 24.1. The summed E-state index contributed by atoms with van der Waals surface area (Å²) in [4.78, 5) is 24.3. The Bertz CT molecular complexity index is 880. The summed E-state index contributed by atoms with van der Waals surface area (Å²) in [6.07, 6.45) is 8.11. The number of fused-ring (bicyclic) bond motifs is 1. The maximum Gasteiger partial charge on any atom is 0.228 e. The highest BCUT2D eigenvalue weighted by Crippen LogP contribution is 2.34. The van der Waals surface area contributed by atoms with Crippen LogP contribution in [0.1, 0.15) is 74.9 Å². The van der Waals surface area contributed by atoms with Crippen molar-refractivity contribution in [3.63, 3.8) is 0 Å². The largest absolute Gasteiger partial charge is 0.296 e. The lowest BCUT2D eigenvalue weighted by atomic mass is 9.88. The van der Waals surface area contributed by atoms with Gasteiger partial charge in [0.25, 0.3) is 0 Å². The number of aromatic nitrogens is 2. The molecule has 0 radical (unpaired) electrons. The minimum atomic E-state index is -3.19. The van der Waals surface area contributed by atoms with Crippen LogP contribution in [0.25, 0.3) is 0 Å². The Morgan fingerprint density at radius 3 is 2.55 bits per heavy atom. The van der Waals surface area contributed by atoms with Gasteiger partial charge in [-0.25, -0.2) is 22.7 Å². The number of hydrogen-bond donors (Lipinski definition) is 0. The Morgan fingerprint density at radius 2 is 1.83 bits per heavy atom. The van der Waals surface area contributed by atoms with E-state index >= 15 is 0 Å². The third-order valence-electron chi connectivity index (χ3n) is 6.79. The van der Waals surface area contributed by atoms with Gasteiger partial charge < -0.3 is 0 Å². The van der Waals surface area contributed by atoms with Crippen LogP contribution < -0.4 is 4.90 Å². The highest BCUT2D eigenvalue weighted by molar-refractivity contribution is 7.89. The first kappa shape index (κ1) is 20.7. The van der Waals surface area contributed by atoms with Gasteiger partial charge in [0.2, 0.25) is 15.9 Å². The Labute approximate surface area is 173 Å². The monoisotopic (exact) mass is 420 g/mol. The van der Waals surface area contributed by atoms with Crippen LogP contribution in [0.5, 0.6) is 0 Å². The van der Waals surface area contributed by atoms with Crippen LogP contribution in [0.15, 0.2) is 0 Å². The molecule has 7 nitrogen and oxygen atoms in total. The van der Waals surface area contributed by atoms with E-state index in [0.29, 0.717) is 37.7 Å². The Kier molecular flexibility index (Phi) is 5.93. The summed E-state index contributed by atoms with van der Waals surface area (Å²) in [5, 5.41) is 0. The van der Waals surface area contributed by atoms with Crippen molar-refractivity contribution >= 4 is 21.7 Å². The van der Waals surface area contributed by atoms with Gasteiger partial charge in [0.05, 0.1) is 5.75 Å². The van der Waals surface area contributed by atoms with E-state index in [1.165, 1.54) is 32.1 Å². The topological polar surface area (TPSA) is 83.5 Å². The summed E-state index contributed by atoms with van der Waals surface area (Å²) >= 11 is 0. The van der Waals surface area contributed by atoms with E-state index in [4.69, 9.17) is 9.97 Å². The second-order valence-corrected chi connectivity index (χ2v) is 11.0. The number of rotatable bonds is 5. The number of carbonyl (C=O) groups is 1. The van der Waals surface area contributed by atoms with Crippen molar-refractivity contribution in [3.05, 3.63) is 17.1 Å². The zero-order valence-corrected chi connectivity index (χ0v) is 18.4. The molecule has 2 aliphatic heterocycles. The third kappa shape index (κ3) is 4.19. The van der Waals surface area contributed by atoms with E-state index in [1.807, 2.05) is 11.8 Å². The number of sulfonamides is 1. The van der Waals surface area contributed by atoms with E-state index in [-0.39, 0.29) is 17.6 Å². The molecule has 1 saturated carbocycles. The minimum absolute atomic E-state index is 0.00566. The van der Waals surface area contributed by atoms with Crippen LogP contribution in [0.3, 0.4) is 0 Å². The molecule has 3 heterocycles. The van der Waals surface area contributed by atoms with Crippen molar-refractivity contribution < 1.29 is 13.2 Å². The first-order chi connectivity index (χ1) is 13.9. The summed E-state index contributed by atoms with van der Waals surface area (Å²) in [5.41, 5.74) is 2.02. The van der Waals surface area contributed by atoms with E-state index in [1.54, 1.807) is 11.2 Å². The molecule has 1 atom stereocenters. The molecular weight excluding hydrogens is 388 g/mol. The van der Waals surface area contributed by atoms with Gasteiger partial charge in [-0.3, -0.25) is 9.69 Å². The molecule has 3 aliphatic rings. The lowest BCUT2D eigenvalue weighted by Crippen LogP contribution is -2.40. The summed E-state index contributed by atoms with van der Waals surface area (Å²) in [6.45, 7) is 5.38. The van der Waals surface area contributed by atoms with Crippen LogP contribution in [-0.2, 0) is 21.2 Å². The highest BCUT2D eigenvalue weighted by atomic mass is 32.2. The summed E-state index contributed by atoms with van der Waals surface area (Å²) in [5.74, 6) is 2.30. The molecule has 1 saturated heterocycles. The first-order valence-corrected chi connectivity index (χ1v) is 12.7. The number of amides is 1. The summed E-state index contributed by atoms with van der Waals surface area (Å²) < 4.78 is 26.0. The molecule has 0 N–H and O–H groups in total. The fraction of sp³-hybridized carbons (Fsp3) is 0.762. The summed E-state index contributed by atoms with van der Waals surface area (Å²) in [7, 11) is -3.19. The van der Waals surface area contributed by atoms with Gasteiger partial charge in [-0.1, -0.05) is 19.3 Å². The molecule has 1 aromatic heterocycles. The third-order valence-corrected chi connectivity index (χ3v) is 8.64. The minimum Gasteiger partial charge on any atom is -0.296 e. The van der Waals surface area contributed by atoms with Crippen LogP contribution in [0.4, 0.5) is 5.82 Å². The van der Waals surface area contributed by atoms with E-state index in [9.17, 15) is 13.2 Å². The second-order valence-electron chi connectivity index (χ2n) is 8.72. The lowest BCUT2D eigenvalue weighted by Gasteiger charge is -2.33. The molecule has 1 aliphatic carbocycles. The molecule has 160 valence electrons. The standard InChI is InChI=1S/C21H32N4O3S/c1-3-29(27,28)24-12-11-17(14-24)20-22-15(2)18-9-10-19(26)25(21(18)23-20)13-16-7-5-4-6-8-16/h16-17H,3-14H2,1-2H3. The fourth-order valence-corrected chi connectivity index (χ4v) is 6.13. The van der Waals surface area contributed by atoms with Gasteiger partial charge in [0, 0.05) is 43.2 Å². The maximum atomic E-state index is 12.8. The Balaban J connectivity index is 1.60. The second kappa shape index (κ2) is 8.30. The number of carbonyl (C=O) groups excluding carboxylic acids is 1. The van der Waals surface area contributed by atoms with E-state index < -0.39 is 10.0 Å². The van der Waals surface area contributed by atoms with Crippen LogP contribution in [-0.4, -0.2) is 54.0 Å².